The molecule has 0 aliphatic carbocycles. The highest BCUT2D eigenvalue weighted by atomic mass is 32.1. The van der Waals surface area contributed by atoms with Crippen molar-refractivity contribution in [2.75, 3.05) is 4.90 Å². The van der Waals surface area contributed by atoms with E-state index in [1.54, 1.807) is 23.4 Å². The molecular formula is C24H22FN3OS. The third-order valence-electron chi connectivity index (χ3n) is 4.94. The number of fused-ring (bicyclic) bond motifs is 1. The van der Waals surface area contributed by atoms with Gasteiger partial charge in [0.05, 0.1) is 23.2 Å². The number of aromatic nitrogens is 2. The average molecular weight is 420 g/mol. The van der Waals surface area contributed by atoms with E-state index in [0.717, 1.165) is 15.8 Å². The van der Waals surface area contributed by atoms with E-state index in [1.807, 2.05) is 24.3 Å². The first-order chi connectivity index (χ1) is 14.5. The zero-order chi connectivity index (χ0) is 21.1. The van der Waals surface area contributed by atoms with Crippen molar-refractivity contribution in [3.8, 4) is 0 Å². The van der Waals surface area contributed by atoms with Crippen LogP contribution in [-0.4, -0.2) is 15.9 Å². The van der Waals surface area contributed by atoms with Crippen LogP contribution in [0.15, 0.2) is 67.0 Å². The molecule has 0 saturated heterocycles. The third-order valence-corrected chi connectivity index (χ3v) is 5.98. The Morgan fingerprint density at radius 1 is 1.10 bits per heavy atom. The lowest BCUT2D eigenvalue weighted by molar-refractivity contribution is -0.118. The van der Waals surface area contributed by atoms with Gasteiger partial charge in [0.2, 0.25) is 5.91 Å². The maximum absolute atomic E-state index is 13.6. The lowest BCUT2D eigenvalue weighted by Gasteiger charge is -2.20. The van der Waals surface area contributed by atoms with Crippen LogP contribution in [0.2, 0.25) is 0 Å². The maximum Gasteiger partial charge on any atom is 0.233 e. The highest BCUT2D eigenvalue weighted by Gasteiger charge is 2.21. The number of hydrogen-bond donors (Lipinski definition) is 0. The molecule has 0 spiro atoms. The van der Waals surface area contributed by atoms with Crippen molar-refractivity contribution in [3.05, 3.63) is 89.5 Å². The molecule has 0 aliphatic rings. The smallest absolute Gasteiger partial charge is 0.233 e. The van der Waals surface area contributed by atoms with Crippen LogP contribution in [0.4, 0.5) is 9.52 Å². The fraction of sp³-hybridized carbons (Fsp3) is 0.208. The predicted molar refractivity (Wildman–Crippen MR) is 119 cm³/mol. The van der Waals surface area contributed by atoms with Crippen LogP contribution in [-0.2, 0) is 17.8 Å². The molecule has 4 rings (SSSR count). The van der Waals surface area contributed by atoms with Gasteiger partial charge >= 0.3 is 0 Å². The van der Waals surface area contributed by atoms with E-state index in [4.69, 9.17) is 0 Å². The molecule has 0 N–H and O–H groups in total. The van der Waals surface area contributed by atoms with Crippen LogP contribution < -0.4 is 4.90 Å². The van der Waals surface area contributed by atoms with Gasteiger partial charge in [-0.1, -0.05) is 55.5 Å². The number of pyridine rings is 1. The average Bonchev–Trinajstić information content (AvgIpc) is 3.15. The quantitative estimate of drug-likeness (QED) is 0.401. The summed E-state index contributed by atoms with van der Waals surface area (Å²) in [6.07, 6.45) is 3.71. The molecule has 0 fully saturated rings. The molecule has 2 aromatic heterocycles. The molecule has 2 aromatic carbocycles. The van der Waals surface area contributed by atoms with Gasteiger partial charge in [-0.2, -0.15) is 0 Å². The second-order valence-electron chi connectivity index (χ2n) is 7.52. The van der Waals surface area contributed by atoms with Crippen molar-refractivity contribution in [1.82, 2.24) is 9.97 Å². The zero-order valence-electron chi connectivity index (χ0n) is 16.9. The van der Waals surface area contributed by atoms with Gasteiger partial charge in [0.15, 0.2) is 5.13 Å². The first-order valence-electron chi connectivity index (χ1n) is 9.84. The summed E-state index contributed by atoms with van der Waals surface area (Å²) in [6.45, 7) is 4.65. The maximum atomic E-state index is 13.6. The van der Waals surface area contributed by atoms with E-state index in [2.05, 4.69) is 35.9 Å². The van der Waals surface area contributed by atoms with Crippen molar-refractivity contribution in [2.24, 2.45) is 0 Å². The van der Waals surface area contributed by atoms with Crippen molar-refractivity contribution in [1.29, 1.82) is 0 Å². The monoisotopic (exact) mass is 419 g/mol. The Labute approximate surface area is 179 Å². The van der Waals surface area contributed by atoms with Gasteiger partial charge in [-0.15, -0.1) is 0 Å². The molecule has 4 nitrogen and oxygen atoms in total. The number of hydrogen-bond acceptors (Lipinski definition) is 4. The van der Waals surface area contributed by atoms with Gasteiger partial charge in [-0.25, -0.2) is 9.37 Å². The summed E-state index contributed by atoms with van der Waals surface area (Å²) < 4.78 is 14.3. The van der Waals surface area contributed by atoms with Gasteiger partial charge in [-0.05, 0) is 46.9 Å². The second-order valence-corrected chi connectivity index (χ2v) is 8.53. The van der Waals surface area contributed by atoms with E-state index < -0.39 is 0 Å². The standard InChI is InChI=1S/C24H22FN3OS/c1-16(2)19-7-5-17(6-8-19)12-23(29)28(15-18-4-3-11-26-14-18)24-27-21-10-9-20(25)13-22(21)30-24/h3-11,13-14,16H,12,15H2,1-2H3. The number of benzene rings is 2. The third kappa shape index (κ3) is 4.54. The molecule has 2 heterocycles. The lowest BCUT2D eigenvalue weighted by atomic mass is 10.0. The summed E-state index contributed by atoms with van der Waals surface area (Å²) >= 11 is 1.32. The molecular weight excluding hydrogens is 397 g/mol. The van der Waals surface area contributed by atoms with Gasteiger partial charge in [0.1, 0.15) is 5.82 Å². The lowest BCUT2D eigenvalue weighted by Crippen LogP contribution is -2.31. The molecule has 1 amide bonds. The SMILES string of the molecule is CC(C)c1ccc(CC(=O)N(Cc2cccnc2)c2nc3ccc(F)cc3s2)cc1. The molecule has 152 valence electrons. The number of rotatable bonds is 6. The molecule has 0 unspecified atom stereocenters. The van der Waals surface area contributed by atoms with Crippen LogP contribution in [0, 0.1) is 5.82 Å². The summed E-state index contributed by atoms with van der Waals surface area (Å²) in [7, 11) is 0. The fourth-order valence-corrected chi connectivity index (χ4v) is 4.24. The van der Waals surface area contributed by atoms with Crippen LogP contribution in [0.25, 0.3) is 10.2 Å². The number of nitrogens with zero attached hydrogens (tertiary/aromatic N) is 3. The highest BCUT2D eigenvalue weighted by Crippen LogP contribution is 2.31. The zero-order valence-corrected chi connectivity index (χ0v) is 17.7. The van der Waals surface area contributed by atoms with Crippen LogP contribution in [0.1, 0.15) is 36.5 Å². The predicted octanol–water partition coefficient (Wildman–Crippen LogP) is 5.73. The molecule has 0 radical (unpaired) electrons. The Kier molecular flexibility index (Phi) is 5.86. The molecule has 30 heavy (non-hydrogen) atoms. The number of anilines is 1. The van der Waals surface area contributed by atoms with Crippen molar-refractivity contribution >= 4 is 32.6 Å². The normalized spacial score (nSPS) is 11.2. The minimum Gasteiger partial charge on any atom is -0.283 e. The molecule has 4 aromatic rings. The van der Waals surface area contributed by atoms with Gasteiger partial charge in [0, 0.05) is 12.4 Å². The molecule has 6 heteroatoms. The Bertz CT molecular complexity index is 1160. The van der Waals surface area contributed by atoms with Crippen LogP contribution >= 0.6 is 11.3 Å². The first-order valence-corrected chi connectivity index (χ1v) is 10.7. The summed E-state index contributed by atoms with van der Waals surface area (Å²) in [4.78, 5) is 23.7. The summed E-state index contributed by atoms with van der Waals surface area (Å²) in [5, 5.41) is 0.559. The molecule has 0 atom stereocenters. The van der Waals surface area contributed by atoms with Crippen molar-refractivity contribution in [2.45, 2.75) is 32.7 Å². The topological polar surface area (TPSA) is 46.1 Å². The van der Waals surface area contributed by atoms with Crippen molar-refractivity contribution < 1.29 is 9.18 Å². The van der Waals surface area contributed by atoms with Gasteiger partial charge in [-0.3, -0.25) is 14.7 Å². The number of thiazole rings is 1. The van der Waals surface area contributed by atoms with Gasteiger partial charge in [0.25, 0.3) is 0 Å². The first kappa shape index (κ1) is 20.2. The molecule has 0 saturated carbocycles. The minimum atomic E-state index is -0.312. The summed E-state index contributed by atoms with van der Waals surface area (Å²) in [5.41, 5.74) is 3.78. The van der Waals surface area contributed by atoms with Crippen LogP contribution in [0.5, 0.6) is 0 Å². The number of carbonyl (C=O) groups is 1. The van der Waals surface area contributed by atoms with Gasteiger partial charge < -0.3 is 0 Å². The summed E-state index contributed by atoms with van der Waals surface area (Å²) in [6, 6.07) is 16.4. The Balaban J connectivity index is 1.64. The van der Waals surface area contributed by atoms with E-state index in [9.17, 15) is 9.18 Å². The van der Waals surface area contributed by atoms with E-state index in [-0.39, 0.29) is 18.1 Å². The van der Waals surface area contributed by atoms with E-state index >= 15 is 0 Å². The minimum absolute atomic E-state index is 0.0596. The van der Waals surface area contributed by atoms with E-state index in [1.165, 1.54) is 29.0 Å². The Morgan fingerprint density at radius 2 is 1.90 bits per heavy atom. The van der Waals surface area contributed by atoms with E-state index in [0.29, 0.717) is 23.1 Å². The Morgan fingerprint density at radius 3 is 2.60 bits per heavy atom. The highest BCUT2D eigenvalue weighted by molar-refractivity contribution is 7.22. The summed E-state index contributed by atoms with van der Waals surface area (Å²) in [5.74, 6) is 0.0729. The number of halogens is 1. The number of carbonyl (C=O) groups excluding carboxylic acids is 1. The molecule has 0 bridgehead atoms. The number of amides is 1. The largest absolute Gasteiger partial charge is 0.283 e. The van der Waals surface area contributed by atoms with Crippen molar-refractivity contribution in [3.63, 3.8) is 0 Å². The second kappa shape index (κ2) is 8.71. The fourth-order valence-electron chi connectivity index (χ4n) is 3.23. The Hall–Kier alpha value is -3.12. The van der Waals surface area contributed by atoms with Crippen LogP contribution in [0.3, 0.4) is 0 Å². The molecule has 0 aliphatic heterocycles.